The van der Waals surface area contributed by atoms with Crippen molar-refractivity contribution in [3.63, 3.8) is 0 Å². The van der Waals surface area contributed by atoms with Crippen molar-refractivity contribution >= 4 is 15.9 Å². The molecule has 0 radical (unpaired) electrons. The fourth-order valence-corrected chi connectivity index (χ4v) is 2.55. The zero-order valence-corrected chi connectivity index (χ0v) is 12.5. The van der Waals surface area contributed by atoms with Gasteiger partial charge in [-0.2, -0.15) is 5.10 Å². The van der Waals surface area contributed by atoms with Crippen LogP contribution in [0.4, 0.5) is 0 Å². The Hall–Kier alpha value is -1.13. The Balaban J connectivity index is 2.48. The molecule has 2 rings (SSSR count). The summed E-state index contributed by atoms with van der Waals surface area (Å²) < 4.78 is 3.03. The molecule has 4 heteroatoms. The maximum Gasteiger partial charge on any atom is 0.0751 e. The molecule has 1 aromatic carbocycles. The van der Waals surface area contributed by atoms with E-state index in [1.54, 1.807) is 0 Å². The molecule has 1 atom stereocenters. The van der Waals surface area contributed by atoms with Crippen LogP contribution < -0.4 is 5.32 Å². The van der Waals surface area contributed by atoms with Gasteiger partial charge < -0.3 is 5.32 Å². The third-order valence-corrected chi connectivity index (χ3v) is 3.61. The molecule has 1 heterocycles. The fraction of sp³-hybridized carbons (Fsp3) is 0.357. The number of hydrogen-bond donors (Lipinski definition) is 1. The summed E-state index contributed by atoms with van der Waals surface area (Å²) in [6.07, 6.45) is 1.84. The first-order chi connectivity index (χ1) is 8.63. The van der Waals surface area contributed by atoms with E-state index in [-0.39, 0.29) is 6.04 Å². The van der Waals surface area contributed by atoms with E-state index in [4.69, 9.17) is 0 Å². The van der Waals surface area contributed by atoms with E-state index in [9.17, 15) is 0 Å². The van der Waals surface area contributed by atoms with Crippen LogP contribution in [-0.4, -0.2) is 16.3 Å². The number of nitrogens with zero attached hydrogens (tertiary/aromatic N) is 2. The van der Waals surface area contributed by atoms with Crippen molar-refractivity contribution in [3.05, 3.63) is 51.8 Å². The molecule has 0 saturated heterocycles. The minimum absolute atomic E-state index is 0.181. The molecular weight excluding hydrogens is 290 g/mol. The first-order valence-electron chi connectivity index (χ1n) is 6.10. The summed E-state index contributed by atoms with van der Waals surface area (Å²) in [5.41, 5.74) is 3.75. The number of aryl methyl sites for hydroxylation is 2. The maximum atomic E-state index is 4.26. The van der Waals surface area contributed by atoms with Crippen LogP contribution in [0, 0.1) is 6.92 Å². The molecule has 3 nitrogen and oxygen atoms in total. The largest absolute Gasteiger partial charge is 0.305 e. The van der Waals surface area contributed by atoms with Crippen molar-refractivity contribution in [1.29, 1.82) is 0 Å². The lowest BCUT2D eigenvalue weighted by atomic mass is 9.98. The molecule has 0 bridgehead atoms. The van der Waals surface area contributed by atoms with Crippen LogP contribution in [-0.2, 0) is 7.05 Å². The SMILES string of the molecule is CCNC(c1cc(Br)ccc1C)c1ccnn1C. The number of aromatic nitrogens is 2. The van der Waals surface area contributed by atoms with Crippen molar-refractivity contribution in [3.8, 4) is 0 Å². The lowest BCUT2D eigenvalue weighted by molar-refractivity contribution is 0.570. The first-order valence-corrected chi connectivity index (χ1v) is 6.90. The van der Waals surface area contributed by atoms with Gasteiger partial charge in [-0.25, -0.2) is 0 Å². The Bertz CT molecular complexity index is 534. The van der Waals surface area contributed by atoms with E-state index in [1.165, 1.54) is 16.8 Å². The van der Waals surface area contributed by atoms with E-state index in [1.807, 2.05) is 17.9 Å². The molecule has 0 amide bonds. The Morgan fingerprint density at radius 2 is 2.17 bits per heavy atom. The van der Waals surface area contributed by atoms with Gasteiger partial charge >= 0.3 is 0 Å². The molecule has 1 aromatic heterocycles. The monoisotopic (exact) mass is 307 g/mol. The summed E-state index contributed by atoms with van der Waals surface area (Å²) in [5.74, 6) is 0. The smallest absolute Gasteiger partial charge is 0.0751 e. The summed E-state index contributed by atoms with van der Waals surface area (Å²) in [7, 11) is 1.98. The Kier molecular flexibility index (Phi) is 4.19. The second kappa shape index (κ2) is 5.67. The number of rotatable bonds is 4. The van der Waals surface area contributed by atoms with Crippen LogP contribution in [0.3, 0.4) is 0 Å². The second-order valence-corrected chi connectivity index (χ2v) is 5.29. The van der Waals surface area contributed by atoms with Gasteiger partial charge in [0.15, 0.2) is 0 Å². The minimum atomic E-state index is 0.181. The Morgan fingerprint density at radius 3 is 2.78 bits per heavy atom. The number of halogens is 1. The average molecular weight is 308 g/mol. The molecule has 0 saturated carbocycles. The molecule has 0 spiro atoms. The van der Waals surface area contributed by atoms with E-state index in [0.29, 0.717) is 0 Å². The second-order valence-electron chi connectivity index (χ2n) is 4.37. The van der Waals surface area contributed by atoms with Crippen molar-refractivity contribution in [2.45, 2.75) is 19.9 Å². The van der Waals surface area contributed by atoms with Crippen molar-refractivity contribution in [1.82, 2.24) is 15.1 Å². The lowest BCUT2D eigenvalue weighted by Gasteiger charge is -2.21. The molecule has 0 fully saturated rings. The molecule has 2 aromatic rings. The zero-order valence-electron chi connectivity index (χ0n) is 10.9. The Morgan fingerprint density at radius 1 is 1.39 bits per heavy atom. The topological polar surface area (TPSA) is 29.9 Å². The van der Waals surface area contributed by atoms with Gasteiger partial charge in [0.2, 0.25) is 0 Å². The highest BCUT2D eigenvalue weighted by atomic mass is 79.9. The third kappa shape index (κ3) is 2.65. The lowest BCUT2D eigenvalue weighted by Crippen LogP contribution is -2.25. The highest BCUT2D eigenvalue weighted by Gasteiger charge is 2.18. The standard InChI is InChI=1S/C14H18BrN3/c1-4-16-14(13-7-8-17-18(13)3)12-9-11(15)6-5-10(12)2/h5-9,14,16H,4H2,1-3H3. The quantitative estimate of drug-likeness (QED) is 0.940. The van der Waals surface area contributed by atoms with Crippen LogP contribution in [0.2, 0.25) is 0 Å². The normalized spacial score (nSPS) is 12.7. The van der Waals surface area contributed by atoms with Gasteiger partial charge in [0, 0.05) is 17.7 Å². The van der Waals surface area contributed by atoms with Crippen molar-refractivity contribution in [2.75, 3.05) is 6.54 Å². The predicted octanol–water partition coefficient (Wildman–Crippen LogP) is 3.19. The van der Waals surface area contributed by atoms with Crippen LogP contribution in [0.5, 0.6) is 0 Å². The molecule has 0 aliphatic rings. The molecule has 96 valence electrons. The fourth-order valence-electron chi connectivity index (χ4n) is 2.17. The van der Waals surface area contributed by atoms with E-state index in [2.05, 4.69) is 64.5 Å². The summed E-state index contributed by atoms with van der Waals surface area (Å²) in [6.45, 7) is 5.18. The van der Waals surface area contributed by atoms with Crippen molar-refractivity contribution in [2.24, 2.45) is 7.05 Å². The van der Waals surface area contributed by atoms with Gasteiger partial charge in [-0.3, -0.25) is 4.68 Å². The van der Waals surface area contributed by atoms with Crippen LogP contribution in [0.1, 0.15) is 29.8 Å². The molecule has 1 N–H and O–H groups in total. The molecule has 18 heavy (non-hydrogen) atoms. The summed E-state index contributed by atoms with van der Waals surface area (Å²) in [4.78, 5) is 0. The van der Waals surface area contributed by atoms with Gasteiger partial charge in [0.05, 0.1) is 11.7 Å². The average Bonchev–Trinajstić information content (AvgIpc) is 2.76. The zero-order chi connectivity index (χ0) is 13.1. The van der Waals surface area contributed by atoms with E-state index >= 15 is 0 Å². The highest BCUT2D eigenvalue weighted by Crippen LogP contribution is 2.27. The predicted molar refractivity (Wildman–Crippen MR) is 77.6 cm³/mol. The van der Waals surface area contributed by atoms with Gasteiger partial charge in [0.1, 0.15) is 0 Å². The third-order valence-electron chi connectivity index (χ3n) is 3.12. The van der Waals surface area contributed by atoms with E-state index < -0.39 is 0 Å². The minimum Gasteiger partial charge on any atom is -0.305 e. The summed E-state index contributed by atoms with van der Waals surface area (Å²) >= 11 is 3.55. The molecule has 1 unspecified atom stereocenters. The summed E-state index contributed by atoms with van der Waals surface area (Å²) in [6, 6.07) is 8.63. The molecule has 0 aliphatic carbocycles. The van der Waals surface area contributed by atoms with Gasteiger partial charge in [-0.05, 0) is 42.8 Å². The van der Waals surface area contributed by atoms with Gasteiger partial charge in [0.25, 0.3) is 0 Å². The van der Waals surface area contributed by atoms with Crippen LogP contribution >= 0.6 is 15.9 Å². The van der Waals surface area contributed by atoms with Gasteiger partial charge in [-0.15, -0.1) is 0 Å². The van der Waals surface area contributed by atoms with Gasteiger partial charge in [-0.1, -0.05) is 28.9 Å². The first kappa shape index (κ1) is 13.3. The molecule has 0 aliphatic heterocycles. The summed E-state index contributed by atoms with van der Waals surface area (Å²) in [5, 5.41) is 7.79. The van der Waals surface area contributed by atoms with Crippen LogP contribution in [0.15, 0.2) is 34.9 Å². The van der Waals surface area contributed by atoms with Crippen molar-refractivity contribution < 1.29 is 0 Å². The number of hydrogen-bond acceptors (Lipinski definition) is 2. The Labute approximate surface area is 116 Å². The molecular formula is C14H18BrN3. The van der Waals surface area contributed by atoms with E-state index in [0.717, 1.165) is 11.0 Å². The maximum absolute atomic E-state index is 4.26. The van der Waals surface area contributed by atoms with Crippen LogP contribution in [0.25, 0.3) is 0 Å². The highest BCUT2D eigenvalue weighted by molar-refractivity contribution is 9.10. The number of nitrogens with one attached hydrogen (secondary N) is 1. The number of benzene rings is 1.